The number of nitrogens with zero attached hydrogens (tertiary/aromatic N) is 1. The normalized spacial score (nSPS) is 13.7. The topological polar surface area (TPSA) is 94.2 Å². The number of para-hydroxylation sites is 4. The summed E-state index contributed by atoms with van der Waals surface area (Å²) in [7, 11) is 0. The fraction of sp³-hybridized carbons (Fsp3) is 0.318. The highest BCUT2D eigenvalue weighted by Crippen LogP contribution is 2.31. The number of hydrogen-bond acceptors (Lipinski definition) is 6. The lowest BCUT2D eigenvalue weighted by molar-refractivity contribution is -0.153. The van der Waals surface area contributed by atoms with Crippen molar-refractivity contribution in [1.82, 2.24) is 0 Å². The number of esters is 1. The van der Waals surface area contributed by atoms with Gasteiger partial charge in [-0.15, -0.1) is 0 Å². The fourth-order valence-corrected chi connectivity index (χ4v) is 3.00. The predicted molar refractivity (Wildman–Crippen MR) is 111 cm³/mol. The number of fused-ring (bicyclic) bond motifs is 1. The first-order chi connectivity index (χ1) is 14.5. The maximum absolute atomic E-state index is 12.4. The van der Waals surface area contributed by atoms with Crippen LogP contribution in [0.3, 0.4) is 0 Å². The Bertz CT molecular complexity index is 929. The van der Waals surface area contributed by atoms with E-state index in [1.54, 1.807) is 42.5 Å². The van der Waals surface area contributed by atoms with Crippen LogP contribution in [-0.4, -0.2) is 43.6 Å². The lowest BCUT2D eigenvalue weighted by atomic mass is 10.2. The van der Waals surface area contributed by atoms with E-state index in [9.17, 15) is 14.4 Å². The minimum atomic E-state index is -1.00. The highest BCUT2D eigenvalue weighted by molar-refractivity contribution is 5.98. The number of benzene rings is 2. The van der Waals surface area contributed by atoms with E-state index >= 15 is 0 Å². The minimum absolute atomic E-state index is 0.0484. The smallest absolute Gasteiger partial charge is 0.308 e. The Morgan fingerprint density at radius 3 is 2.70 bits per heavy atom. The summed E-state index contributed by atoms with van der Waals surface area (Å²) in [5.74, 6) is -0.154. The Labute approximate surface area is 174 Å². The molecule has 0 fully saturated rings. The summed E-state index contributed by atoms with van der Waals surface area (Å²) in [5.41, 5.74) is 1.11. The third kappa shape index (κ3) is 5.08. The number of carbonyl (C=O) groups excluding carboxylic acids is 3. The van der Waals surface area contributed by atoms with E-state index < -0.39 is 18.0 Å². The van der Waals surface area contributed by atoms with Crippen molar-refractivity contribution in [2.45, 2.75) is 26.4 Å². The first-order valence-corrected chi connectivity index (χ1v) is 9.74. The molecule has 0 spiro atoms. The van der Waals surface area contributed by atoms with Gasteiger partial charge in [0.25, 0.3) is 11.8 Å². The molecule has 1 aliphatic rings. The van der Waals surface area contributed by atoms with Gasteiger partial charge in [0.1, 0.15) is 11.5 Å². The molecule has 1 aliphatic heterocycles. The van der Waals surface area contributed by atoms with Gasteiger partial charge in [0.15, 0.2) is 12.7 Å². The molecular formula is C22H24N2O6. The molecule has 1 atom stereocenters. The van der Waals surface area contributed by atoms with Crippen LogP contribution in [0.1, 0.15) is 20.3 Å². The Morgan fingerprint density at radius 1 is 1.17 bits per heavy atom. The van der Waals surface area contributed by atoms with Crippen molar-refractivity contribution >= 4 is 29.2 Å². The first kappa shape index (κ1) is 21.2. The largest absolute Gasteiger partial charge is 0.492 e. The van der Waals surface area contributed by atoms with Gasteiger partial charge in [-0.1, -0.05) is 24.3 Å². The summed E-state index contributed by atoms with van der Waals surface area (Å²) in [6.07, 6.45) is -1.05. The molecule has 0 bridgehead atoms. The van der Waals surface area contributed by atoms with E-state index in [2.05, 4.69) is 5.32 Å². The Kier molecular flexibility index (Phi) is 6.90. The van der Waals surface area contributed by atoms with Gasteiger partial charge in [-0.2, -0.15) is 0 Å². The molecular weight excluding hydrogens is 388 g/mol. The standard InChI is InChI=1S/C22H24N2O6/c1-3-28-18-10-6-4-8-16(18)23-22(27)15(2)30-21(26)12-13-24-17-9-5-7-11-19(17)29-14-20(24)25/h4-11,15H,3,12-14H2,1-2H3,(H,23,27)/t15-/m1/s1. The van der Waals surface area contributed by atoms with Crippen molar-refractivity contribution in [3.05, 3.63) is 48.5 Å². The highest BCUT2D eigenvalue weighted by atomic mass is 16.5. The molecule has 2 aromatic carbocycles. The van der Waals surface area contributed by atoms with Gasteiger partial charge in [0.05, 0.1) is 24.4 Å². The van der Waals surface area contributed by atoms with Crippen molar-refractivity contribution in [2.75, 3.05) is 30.0 Å². The third-order valence-corrected chi connectivity index (χ3v) is 4.47. The quantitative estimate of drug-likeness (QED) is 0.670. The van der Waals surface area contributed by atoms with Crippen LogP contribution < -0.4 is 19.7 Å². The molecule has 1 N–H and O–H groups in total. The number of rotatable bonds is 8. The Balaban J connectivity index is 1.54. The molecule has 3 rings (SSSR count). The van der Waals surface area contributed by atoms with Crippen LogP contribution in [0.5, 0.6) is 11.5 Å². The summed E-state index contributed by atoms with van der Waals surface area (Å²) in [6.45, 7) is 3.86. The molecule has 8 heteroatoms. The maximum atomic E-state index is 12.4. The molecule has 0 saturated carbocycles. The van der Waals surface area contributed by atoms with Crippen molar-refractivity contribution in [3.63, 3.8) is 0 Å². The van der Waals surface area contributed by atoms with E-state index in [0.717, 1.165) is 0 Å². The summed E-state index contributed by atoms with van der Waals surface area (Å²) in [6, 6.07) is 14.1. The Hall–Kier alpha value is -3.55. The second kappa shape index (κ2) is 9.78. The summed E-state index contributed by atoms with van der Waals surface area (Å²) in [5, 5.41) is 2.70. The SMILES string of the molecule is CCOc1ccccc1NC(=O)[C@@H](C)OC(=O)CCN1C(=O)COc2ccccc21. The first-order valence-electron chi connectivity index (χ1n) is 9.74. The molecule has 158 valence electrons. The van der Waals surface area contributed by atoms with Gasteiger partial charge in [-0.25, -0.2) is 0 Å². The molecule has 0 aromatic heterocycles. The van der Waals surface area contributed by atoms with Crippen LogP contribution in [0.15, 0.2) is 48.5 Å². The lowest BCUT2D eigenvalue weighted by Crippen LogP contribution is -2.40. The van der Waals surface area contributed by atoms with Crippen LogP contribution in [0, 0.1) is 0 Å². The zero-order valence-corrected chi connectivity index (χ0v) is 16.9. The fourth-order valence-electron chi connectivity index (χ4n) is 3.00. The Morgan fingerprint density at radius 2 is 1.90 bits per heavy atom. The zero-order valence-electron chi connectivity index (χ0n) is 16.9. The number of carbonyl (C=O) groups is 3. The molecule has 0 radical (unpaired) electrons. The predicted octanol–water partition coefficient (Wildman–Crippen LogP) is 2.77. The summed E-state index contributed by atoms with van der Waals surface area (Å²) < 4.78 is 16.1. The van der Waals surface area contributed by atoms with Gasteiger partial charge >= 0.3 is 5.97 Å². The molecule has 30 heavy (non-hydrogen) atoms. The summed E-state index contributed by atoms with van der Waals surface area (Å²) >= 11 is 0. The van der Waals surface area contributed by atoms with E-state index in [1.807, 2.05) is 13.0 Å². The van der Waals surface area contributed by atoms with Crippen LogP contribution in [0.2, 0.25) is 0 Å². The highest BCUT2D eigenvalue weighted by Gasteiger charge is 2.26. The van der Waals surface area contributed by atoms with Crippen molar-refractivity contribution in [3.8, 4) is 11.5 Å². The third-order valence-electron chi connectivity index (χ3n) is 4.47. The van der Waals surface area contributed by atoms with Crippen LogP contribution in [-0.2, 0) is 19.1 Å². The summed E-state index contributed by atoms with van der Waals surface area (Å²) in [4.78, 5) is 38.3. The zero-order chi connectivity index (χ0) is 21.5. The van der Waals surface area contributed by atoms with E-state index in [1.165, 1.54) is 11.8 Å². The van der Waals surface area contributed by atoms with Crippen molar-refractivity contribution < 1.29 is 28.6 Å². The maximum Gasteiger partial charge on any atom is 0.308 e. The van der Waals surface area contributed by atoms with Gasteiger partial charge in [0.2, 0.25) is 0 Å². The van der Waals surface area contributed by atoms with E-state index in [4.69, 9.17) is 14.2 Å². The second-order valence-electron chi connectivity index (χ2n) is 6.60. The number of amides is 2. The molecule has 8 nitrogen and oxygen atoms in total. The molecule has 0 aliphatic carbocycles. The van der Waals surface area contributed by atoms with Crippen LogP contribution >= 0.6 is 0 Å². The molecule has 2 amide bonds. The minimum Gasteiger partial charge on any atom is -0.492 e. The number of anilines is 2. The van der Waals surface area contributed by atoms with Gasteiger partial charge in [0, 0.05) is 6.54 Å². The van der Waals surface area contributed by atoms with Gasteiger partial charge in [-0.3, -0.25) is 14.4 Å². The lowest BCUT2D eigenvalue weighted by Gasteiger charge is -2.29. The molecule has 1 heterocycles. The van der Waals surface area contributed by atoms with Crippen molar-refractivity contribution in [1.29, 1.82) is 0 Å². The monoisotopic (exact) mass is 412 g/mol. The van der Waals surface area contributed by atoms with Gasteiger partial charge in [-0.05, 0) is 38.1 Å². The average Bonchev–Trinajstić information content (AvgIpc) is 2.74. The number of ether oxygens (including phenoxy) is 3. The second-order valence-corrected chi connectivity index (χ2v) is 6.60. The van der Waals surface area contributed by atoms with Crippen LogP contribution in [0.25, 0.3) is 0 Å². The van der Waals surface area contributed by atoms with E-state index in [-0.39, 0.29) is 25.5 Å². The molecule has 2 aromatic rings. The average molecular weight is 412 g/mol. The number of nitrogens with one attached hydrogen (secondary N) is 1. The van der Waals surface area contributed by atoms with Crippen molar-refractivity contribution in [2.24, 2.45) is 0 Å². The van der Waals surface area contributed by atoms with E-state index in [0.29, 0.717) is 29.5 Å². The molecule has 0 unspecified atom stereocenters. The van der Waals surface area contributed by atoms with Gasteiger partial charge < -0.3 is 24.4 Å². The van der Waals surface area contributed by atoms with Crippen LogP contribution in [0.4, 0.5) is 11.4 Å². The number of hydrogen-bond donors (Lipinski definition) is 1. The molecule has 0 saturated heterocycles.